The molecule has 1 fully saturated rings. The van der Waals surface area contributed by atoms with E-state index in [9.17, 15) is 4.39 Å². The van der Waals surface area contributed by atoms with Crippen molar-refractivity contribution in [3.8, 4) is 0 Å². The summed E-state index contributed by atoms with van der Waals surface area (Å²) in [5.74, 6) is -0.368. The molecule has 1 heterocycles. The Bertz CT molecular complexity index is 389. The van der Waals surface area contributed by atoms with E-state index >= 15 is 0 Å². The third kappa shape index (κ3) is 3.22. The molecule has 1 unspecified atom stereocenters. The van der Waals surface area contributed by atoms with E-state index in [1.807, 2.05) is 0 Å². The molecule has 0 aromatic heterocycles. The van der Waals surface area contributed by atoms with E-state index < -0.39 is 0 Å². The molecule has 2 rings (SSSR count). The van der Waals surface area contributed by atoms with Crippen molar-refractivity contribution in [1.82, 2.24) is 4.90 Å². The number of rotatable bonds is 3. The van der Waals surface area contributed by atoms with Crippen molar-refractivity contribution in [2.45, 2.75) is 31.7 Å². The second kappa shape index (κ2) is 6.50. The van der Waals surface area contributed by atoms with Crippen LogP contribution in [0, 0.1) is 5.82 Å². The van der Waals surface area contributed by atoms with Crippen molar-refractivity contribution in [2.24, 2.45) is 5.73 Å². The van der Waals surface area contributed by atoms with Crippen LogP contribution in [0.1, 0.15) is 37.3 Å². The minimum Gasteiger partial charge on any atom is -0.329 e. The molecular weight excluding hydrogens is 251 g/mol. The van der Waals surface area contributed by atoms with E-state index in [0.717, 1.165) is 18.7 Å². The van der Waals surface area contributed by atoms with Gasteiger partial charge in [0.05, 0.1) is 5.02 Å². The summed E-state index contributed by atoms with van der Waals surface area (Å²) < 4.78 is 13.2. The van der Waals surface area contributed by atoms with Gasteiger partial charge >= 0.3 is 0 Å². The first-order chi connectivity index (χ1) is 8.72. The average molecular weight is 271 g/mol. The van der Waals surface area contributed by atoms with Crippen molar-refractivity contribution >= 4 is 11.6 Å². The molecule has 2 N–H and O–H groups in total. The lowest BCUT2D eigenvalue weighted by Crippen LogP contribution is -2.34. The van der Waals surface area contributed by atoms with Gasteiger partial charge in [0, 0.05) is 12.6 Å². The highest BCUT2D eigenvalue weighted by molar-refractivity contribution is 6.30. The monoisotopic (exact) mass is 270 g/mol. The summed E-state index contributed by atoms with van der Waals surface area (Å²) >= 11 is 5.85. The zero-order valence-electron chi connectivity index (χ0n) is 10.5. The van der Waals surface area contributed by atoms with Gasteiger partial charge < -0.3 is 5.73 Å². The van der Waals surface area contributed by atoms with Gasteiger partial charge in [0.2, 0.25) is 0 Å². The summed E-state index contributed by atoms with van der Waals surface area (Å²) in [6, 6.07) is 5.09. The normalized spacial score (nSPS) is 19.5. The van der Waals surface area contributed by atoms with Crippen LogP contribution < -0.4 is 5.73 Å². The fourth-order valence-electron chi connectivity index (χ4n) is 2.62. The molecule has 1 aliphatic rings. The average Bonchev–Trinajstić information content (AvgIpc) is 2.64. The molecule has 100 valence electrons. The van der Waals surface area contributed by atoms with Gasteiger partial charge in [-0.25, -0.2) is 4.39 Å². The third-order valence-corrected chi connectivity index (χ3v) is 3.92. The second-order valence-electron chi connectivity index (χ2n) is 4.88. The molecule has 0 spiro atoms. The first kappa shape index (κ1) is 13.8. The highest BCUT2D eigenvalue weighted by Gasteiger charge is 2.20. The first-order valence-electron chi connectivity index (χ1n) is 6.61. The Balaban J connectivity index is 2.17. The Kier molecular flexibility index (Phi) is 4.98. The Hall–Kier alpha value is -0.640. The number of nitrogens with zero attached hydrogens (tertiary/aromatic N) is 1. The Labute approximate surface area is 113 Å². The van der Waals surface area contributed by atoms with Crippen molar-refractivity contribution in [3.05, 3.63) is 34.6 Å². The van der Waals surface area contributed by atoms with E-state index in [0.29, 0.717) is 6.54 Å². The molecule has 18 heavy (non-hydrogen) atoms. The number of hydrogen-bond acceptors (Lipinski definition) is 2. The van der Waals surface area contributed by atoms with Crippen LogP contribution in [0.2, 0.25) is 5.02 Å². The minimum absolute atomic E-state index is 0.154. The number of nitrogens with two attached hydrogens (primary N) is 1. The number of benzene rings is 1. The lowest BCUT2D eigenvalue weighted by Gasteiger charge is -2.30. The zero-order chi connectivity index (χ0) is 13.0. The van der Waals surface area contributed by atoms with Crippen LogP contribution in [-0.4, -0.2) is 24.5 Å². The molecule has 0 saturated carbocycles. The zero-order valence-corrected chi connectivity index (χ0v) is 11.3. The second-order valence-corrected chi connectivity index (χ2v) is 5.28. The standard InChI is InChI=1S/C14H20ClFN2/c15-12-9-11(5-6-13(12)16)14(10-17)18-7-3-1-2-4-8-18/h5-6,9,14H,1-4,7-8,10,17H2. The van der Waals surface area contributed by atoms with Crippen LogP contribution in [0.5, 0.6) is 0 Å². The van der Waals surface area contributed by atoms with E-state index in [2.05, 4.69) is 4.90 Å². The van der Waals surface area contributed by atoms with Crippen molar-refractivity contribution in [1.29, 1.82) is 0 Å². The molecule has 0 amide bonds. The van der Waals surface area contributed by atoms with Gasteiger partial charge in [0.1, 0.15) is 5.82 Å². The molecule has 1 saturated heterocycles. The highest BCUT2D eigenvalue weighted by atomic mass is 35.5. The van der Waals surface area contributed by atoms with Crippen LogP contribution in [0.25, 0.3) is 0 Å². The lowest BCUT2D eigenvalue weighted by molar-refractivity contribution is 0.209. The lowest BCUT2D eigenvalue weighted by atomic mass is 10.0. The van der Waals surface area contributed by atoms with Crippen LogP contribution >= 0.6 is 11.6 Å². The maximum atomic E-state index is 13.2. The van der Waals surface area contributed by atoms with E-state index in [-0.39, 0.29) is 16.9 Å². The third-order valence-electron chi connectivity index (χ3n) is 3.63. The van der Waals surface area contributed by atoms with Crippen molar-refractivity contribution in [2.75, 3.05) is 19.6 Å². The minimum atomic E-state index is -0.368. The van der Waals surface area contributed by atoms with Gasteiger partial charge in [0.25, 0.3) is 0 Å². The molecule has 0 radical (unpaired) electrons. The summed E-state index contributed by atoms with van der Waals surface area (Å²) in [7, 11) is 0. The van der Waals surface area contributed by atoms with E-state index in [4.69, 9.17) is 17.3 Å². The van der Waals surface area contributed by atoms with Gasteiger partial charge in [-0.05, 0) is 43.6 Å². The number of likely N-dealkylation sites (tertiary alicyclic amines) is 1. The van der Waals surface area contributed by atoms with Crippen LogP contribution in [0.4, 0.5) is 4.39 Å². The summed E-state index contributed by atoms with van der Waals surface area (Å²) in [5, 5.41) is 0.181. The van der Waals surface area contributed by atoms with Crippen molar-refractivity contribution < 1.29 is 4.39 Å². The number of halogens is 2. The Morgan fingerprint density at radius 2 is 1.89 bits per heavy atom. The highest BCUT2D eigenvalue weighted by Crippen LogP contribution is 2.26. The predicted molar refractivity (Wildman–Crippen MR) is 73.2 cm³/mol. The smallest absolute Gasteiger partial charge is 0.141 e. The molecule has 1 atom stereocenters. The topological polar surface area (TPSA) is 29.3 Å². The van der Waals surface area contributed by atoms with Gasteiger partial charge in [-0.3, -0.25) is 4.90 Å². The fraction of sp³-hybridized carbons (Fsp3) is 0.571. The molecule has 4 heteroatoms. The summed E-state index contributed by atoms with van der Waals surface area (Å²) in [6.45, 7) is 2.68. The molecule has 2 nitrogen and oxygen atoms in total. The van der Waals surface area contributed by atoms with Gasteiger partial charge in [-0.1, -0.05) is 30.5 Å². The van der Waals surface area contributed by atoms with Crippen LogP contribution in [0.15, 0.2) is 18.2 Å². The Morgan fingerprint density at radius 1 is 1.22 bits per heavy atom. The maximum Gasteiger partial charge on any atom is 0.141 e. The fourth-order valence-corrected chi connectivity index (χ4v) is 2.81. The molecule has 1 aliphatic heterocycles. The SMILES string of the molecule is NCC(c1ccc(F)c(Cl)c1)N1CCCCCC1. The molecule has 0 aliphatic carbocycles. The van der Waals surface area contributed by atoms with Gasteiger partial charge in [-0.2, -0.15) is 0 Å². The van der Waals surface area contributed by atoms with Gasteiger partial charge in [-0.15, -0.1) is 0 Å². The predicted octanol–water partition coefficient (Wildman–Crippen LogP) is 3.35. The van der Waals surface area contributed by atoms with Gasteiger partial charge in [0.15, 0.2) is 0 Å². The van der Waals surface area contributed by atoms with E-state index in [1.165, 1.54) is 31.7 Å². The maximum absolute atomic E-state index is 13.2. The quantitative estimate of drug-likeness (QED) is 0.913. The summed E-state index contributed by atoms with van der Waals surface area (Å²) in [6.07, 6.45) is 5.01. The summed E-state index contributed by atoms with van der Waals surface area (Å²) in [4.78, 5) is 2.40. The largest absolute Gasteiger partial charge is 0.329 e. The molecular formula is C14H20ClFN2. The Morgan fingerprint density at radius 3 is 2.44 bits per heavy atom. The van der Waals surface area contributed by atoms with Crippen LogP contribution in [0.3, 0.4) is 0 Å². The first-order valence-corrected chi connectivity index (χ1v) is 6.99. The van der Waals surface area contributed by atoms with E-state index in [1.54, 1.807) is 12.1 Å². The van der Waals surface area contributed by atoms with Crippen molar-refractivity contribution in [3.63, 3.8) is 0 Å². The summed E-state index contributed by atoms with van der Waals surface area (Å²) in [5.41, 5.74) is 6.92. The van der Waals surface area contributed by atoms with Crippen LogP contribution in [-0.2, 0) is 0 Å². The number of hydrogen-bond donors (Lipinski definition) is 1. The molecule has 1 aromatic rings. The molecule has 0 bridgehead atoms. The molecule has 1 aromatic carbocycles.